The predicted molar refractivity (Wildman–Crippen MR) is 64.5 cm³/mol. The number of hydrogen-bond acceptors (Lipinski definition) is 4. The summed E-state index contributed by atoms with van der Waals surface area (Å²) in [7, 11) is 0. The van der Waals surface area contributed by atoms with E-state index in [1.165, 1.54) is 0 Å². The first kappa shape index (κ1) is 11.7. The maximum atomic E-state index is 11.9. The maximum Gasteiger partial charge on any atom is 0.209 e. The molecule has 0 saturated carbocycles. The van der Waals surface area contributed by atoms with Gasteiger partial charge in [0.15, 0.2) is 12.1 Å². The number of hydrogen-bond donors (Lipinski definition) is 0. The Balaban J connectivity index is 1.68. The molecule has 0 aromatic heterocycles. The SMILES string of the molecule is O=C1CC(OC2CCCCO2)Oc2ccccc21. The number of fused-ring (bicyclic) bond motifs is 1. The lowest BCUT2D eigenvalue weighted by atomic mass is 10.0. The van der Waals surface area contributed by atoms with Crippen LogP contribution >= 0.6 is 0 Å². The molecule has 2 heterocycles. The second-order valence-electron chi connectivity index (χ2n) is 4.60. The van der Waals surface area contributed by atoms with Crippen LogP contribution in [0.25, 0.3) is 0 Å². The van der Waals surface area contributed by atoms with E-state index in [1.807, 2.05) is 12.1 Å². The van der Waals surface area contributed by atoms with Crippen LogP contribution in [0.2, 0.25) is 0 Å². The molecule has 4 nitrogen and oxygen atoms in total. The molecule has 96 valence electrons. The van der Waals surface area contributed by atoms with Gasteiger partial charge >= 0.3 is 0 Å². The van der Waals surface area contributed by atoms with Gasteiger partial charge in [0, 0.05) is 6.61 Å². The van der Waals surface area contributed by atoms with Crippen LogP contribution in [0, 0.1) is 0 Å². The topological polar surface area (TPSA) is 44.8 Å². The quantitative estimate of drug-likeness (QED) is 0.806. The normalized spacial score (nSPS) is 27.4. The molecule has 4 heteroatoms. The Kier molecular flexibility index (Phi) is 3.30. The van der Waals surface area contributed by atoms with Crippen molar-refractivity contribution in [1.82, 2.24) is 0 Å². The van der Waals surface area contributed by atoms with E-state index >= 15 is 0 Å². The van der Waals surface area contributed by atoms with Gasteiger partial charge in [0.25, 0.3) is 0 Å². The lowest BCUT2D eigenvalue weighted by molar-refractivity contribution is -0.231. The van der Waals surface area contributed by atoms with Crippen molar-refractivity contribution >= 4 is 5.78 Å². The van der Waals surface area contributed by atoms with E-state index < -0.39 is 6.29 Å². The van der Waals surface area contributed by atoms with Crippen molar-refractivity contribution < 1.29 is 19.0 Å². The van der Waals surface area contributed by atoms with Crippen LogP contribution in [0.3, 0.4) is 0 Å². The van der Waals surface area contributed by atoms with E-state index in [-0.39, 0.29) is 18.5 Å². The fourth-order valence-electron chi connectivity index (χ4n) is 2.31. The third kappa shape index (κ3) is 2.40. The van der Waals surface area contributed by atoms with Gasteiger partial charge in [-0.2, -0.15) is 0 Å². The highest BCUT2D eigenvalue weighted by molar-refractivity contribution is 5.99. The fourth-order valence-corrected chi connectivity index (χ4v) is 2.31. The van der Waals surface area contributed by atoms with Gasteiger partial charge < -0.3 is 14.2 Å². The lowest BCUT2D eigenvalue weighted by Gasteiger charge is -2.30. The van der Waals surface area contributed by atoms with Crippen LogP contribution in [0.15, 0.2) is 24.3 Å². The summed E-state index contributed by atoms with van der Waals surface area (Å²) in [6, 6.07) is 7.27. The molecule has 3 rings (SSSR count). The van der Waals surface area contributed by atoms with E-state index in [0.29, 0.717) is 11.3 Å². The molecule has 2 atom stereocenters. The summed E-state index contributed by atoms with van der Waals surface area (Å²) in [6.45, 7) is 0.724. The molecule has 1 saturated heterocycles. The average Bonchev–Trinajstić information content (AvgIpc) is 2.40. The van der Waals surface area contributed by atoms with E-state index in [9.17, 15) is 4.79 Å². The van der Waals surface area contributed by atoms with Crippen LogP contribution in [-0.2, 0) is 9.47 Å². The largest absolute Gasteiger partial charge is 0.464 e. The monoisotopic (exact) mass is 248 g/mol. The van der Waals surface area contributed by atoms with Gasteiger partial charge in [0.1, 0.15) is 5.75 Å². The molecule has 18 heavy (non-hydrogen) atoms. The Morgan fingerprint density at radius 3 is 2.89 bits per heavy atom. The zero-order valence-corrected chi connectivity index (χ0v) is 10.1. The number of Topliss-reactive ketones (excluding diaryl/α,β-unsaturated/α-hetero) is 1. The molecule has 0 amide bonds. The maximum absolute atomic E-state index is 11.9. The van der Waals surface area contributed by atoms with E-state index in [4.69, 9.17) is 14.2 Å². The molecule has 2 unspecified atom stereocenters. The molecule has 1 fully saturated rings. The minimum atomic E-state index is -0.518. The van der Waals surface area contributed by atoms with Gasteiger partial charge in [-0.3, -0.25) is 4.79 Å². The summed E-state index contributed by atoms with van der Waals surface area (Å²) in [6.07, 6.45) is 2.55. The van der Waals surface area contributed by atoms with Crippen molar-refractivity contribution in [3.05, 3.63) is 29.8 Å². The van der Waals surface area contributed by atoms with Crippen LogP contribution < -0.4 is 4.74 Å². The number of carbonyl (C=O) groups excluding carboxylic acids is 1. The first-order valence-electron chi connectivity index (χ1n) is 6.39. The molecular weight excluding hydrogens is 232 g/mol. The number of carbonyl (C=O) groups is 1. The molecule has 2 aliphatic rings. The summed E-state index contributed by atoms with van der Waals surface area (Å²) >= 11 is 0. The smallest absolute Gasteiger partial charge is 0.209 e. The van der Waals surface area contributed by atoms with E-state index in [0.717, 1.165) is 25.9 Å². The second-order valence-corrected chi connectivity index (χ2v) is 4.60. The van der Waals surface area contributed by atoms with Crippen LogP contribution in [-0.4, -0.2) is 25.0 Å². The highest BCUT2D eigenvalue weighted by Gasteiger charge is 2.29. The molecule has 2 aliphatic heterocycles. The highest BCUT2D eigenvalue weighted by Crippen LogP contribution is 2.29. The van der Waals surface area contributed by atoms with Gasteiger partial charge in [-0.1, -0.05) is 12.1 Å². The second kappa shape index (κ2) is 5.08. The first-order valence-corrected chi connectivity index (χ1v) is 6.39. The number of benzene rings is 1. The number of ether oxygens (including phenoxy) is 3. The summed E-state index contributed by atoms with van der Waals surface area (Å²) < 4.78 is 16.9. The summed E-state index contributed by atoms with van der Waals surface area (Å²) in [5.74, 6) is 0.673. The number of para-hydroxylation sites is 1. The van der Waals surface area contributed by atoms with Gasteiger partial charge in [-0.15, -0.1) is 0 Å². The molecule has 1 aromatic rings. The zero-order valence-electron chi connectivity index (χ0n) is 10.1. The summed E-state index contributed by atoms with van der Waals surface area (Å²) in [4.78, 5) is 11.9. The van der Waals surface area contributed by atoms with Gasteiger partial charge in [0.2, 0.25) is 6.29 Å². The van der Waals surface area contributed by atoms with Crippen LogP contribution in [0.4, 0.5) is 0 Å². The van der Waals surface area contributed by atoms with Gasteiger partial charge in [0.05, 0.1) is 12.0 Å². The van der Waals surface area contributed by atoms with Crippen molar-refractivity contribution in [2.45, 2.75) is 38.3 Å². The molecule has 0 radical (unpaired) electrons. The first-order chi connectivity index (χ1) is 8.83. The number of rotatable bonds is 2. The molecule has 0 bridgehead atoms. The minimum absolute atomic E-state index is 0.0673. The van der Waals surface area contributed by atoms with E-state index in [2.05, 4.69) is 0 Å². The summed E-state index contributed by atoms with van der Waals surface area (Å²) in [5, 5.41) is 0. The predicted octanol–water partition coefficient (Wildman–Crippen LogP) is 2.52. The molecule has 0 aliphatic carbocycles. The molecule has 0 spiro atoms. The van der Waals surface area contributed by atoms with Crippen molar-refractivity contribution in [3.8, 4) is 5.75 Å². The standard InChI is InChI=1S/C14H16O4/c15-11-9-14(18-13-7-3-4-8-16-13)17-12-6-2-1-5-10(11)12/h1-2,5-6,13-14H,3-4,7-9H2. The molecule has 1 aromatic carbocycles. The Bertz CT molecular complexity index is 437. The van der Waals surface area contributed by atoms with E-state index in [1.54, 1.807) is 12.1 Å². The van der Waals surface area contributed by atoms with Crippen molar-refractivity contribution in [2.75, 3.05) is 6.61 Å². The van der Waals surface area contributed by atoms with Gasteiger partial charge in [-0.05, 0) is 31.4 Å². The highest BCUT2D eigenvalue weighted by atomic mass is 16.8. The Labute approximate surface area is 106 Å². The molecule has 0 N–H and O–H groups in total. The van der Waals surface area contributed by atoms with Crippen LogP contribution in [0.5, 0.6) is 5.75 Å². The Morgan fingerprint density at radius 1 is 1.17 bits per heavy atom. The third-order valence-corrected chi connectivity index (χ3v) is 3.24. The minimum Gasteiger partial charge on any atom is -0.464 e. The fraction of sp³-hybridized carbons (Fsp3) is 0.500. The number of ketones is 1. The Morgan fingerprint density at radius 2 is 2.06 bits per heavy atom. The average molecular weight is 248 g/mol. The van der Waals surface area contributed by atoms with Crippen LogP contribution in [0.1, 0.15) is 36.0 Å². The zero-order chi connectivity index (χ0) is 12.4. The van der Waals surface area contributed by atoms with Crippen molar-refractivity contribution in [2.24, 2.45) is 0 Å². The van der Waals surface area contributed by atoms with Crippen molar-refractivity contribution in [1.29, 1.82) is 0 Å². The molecular formula is C14H16O4. The lowest BCUT2D eigenvalue weighted by Crippen LogP contribution is -2.35. The van der Waals surface area contributed by atoms with Crippen molar-refractivity contribution in [3.63, 3.8) is 0 Å². The summed E-state index contributed by atoms with van der Waals surface area (Å²) in [5.41, 5.74) is 0.641. The Hall–Kier alpha value is -1.39. The van der Waals surface area contributed by atoms with Gasteiger partial charge in [-0.25, -0.2) is 0 Å². The third-order valence-electron chi connectivity index (χ3n) is 3.24.